The number of rotatable bonds is 5. The average Bonchev–Trinajstić information content (AvgIpc) is 3.16. The van der Waals surface area contributed by atoms with Crippen molar-refractivity contribution in [3.8, 4) is 0 Å². The van der Waals surface area contributed by atoms with E-state index < -0.39 is 6.04 Å². The molecule has 2 N–H and O–H groups in total. The maximum Gasteiger partial charge on any atom is 0.252 e. The lowest BCUT2D eigenvalue weighted by Crippen LogP contribution is -2.42. The van der Waals surface area contributed by atoms with Crippen molar-refractivity contribution in [2.45, 2.75) is 12.5 Å². The van der Waals surface area contributed by atoms with Gasteiger partial charge in [0, 0.05) is 31.2 Å². The molecule has 1 aliphatic rings. The van der Waals surface area contributed by atoms with Crippen LogP contribution in [0.15, 0.2) is 60.7 Å². The van der Waals surface area contributed by atoms with E-state index >= 15 is 0 Å². The fraction of sp³-hybridized carbons (Fsp3) is 0.300. The zero-order valence-corrected chi connectivity index (χ0v) is 14.0. The molecule has 0 radical (unpaired) electrons. The second-order valence-corrected chi connectivity index (χ2v) is 6.30. The van der Waals surface area contributed by atoms with Crippen LogP contribution in [-0.4, -0.2) is 41.5 Å². The summed E-state index contributed by atoms with van der Waals surface area (Å²) < 4.78 is 0. The molecule has 0 bridgehead atoms. The fourth-order valence-electron chi connectivity index (χ4n) is 3.10. The van der Waals surface area contributed by atoms with Crippen molar-refractivity contribution < 1.29 is 14.7 Å². The number of likely N-dealkylation sites (tertiary alicyclic amines) is 1. The van der Waals surface area contributed by atoms with Crippen LogP contribution in [0.5, 0.6) is 0 Å². The summed E-state index contributed by atoms with van der Waals surface area (Å²) in [6.45, 7) is 1.21. The number of aliphatic hydroxyl groups excluding tert-OH is 1. The van der Waals surface area contributed by atoms with E-state index in [1.165, 1.54) is 0 Å². The molecule has 1 fully saturated rings. The molecule has 1 saturated heterocycles. The van der Waals surface area contributed by atoms with Crippen LogP contribution in [0.3, 0.4) is 0 Å². The van der Waals surface area contributed by atoms with Crippen molar-refractivity contribution in [3.63, 3.8) is 0 Å². The Balaban J connectivity index is 1.81. The van der Waals surface area contributed by atoms with E-state index in [2.05, 4.69) is 5.32 Å². The Bertz CT molecular complexity index is 718. The molecule has 25 heavy (non-hydrogen) atoms. The molecule has 0 aromatic heterocycles. The number of carbonyl (C=O) groups excluding carboxylic acids is 2. The van der Waals surface area contributed by atoms with Gasteiger partial charge < -0.3 is 15.3 Å². The number of carbonyl (C=O) groups is 2. The van der Waals surface area contributed by atoms with Crippen molar-refractivity contribution in [1.29, 1.82) is 0 Å². The third kappa shape index (κ3) is 4.06. The minimum atomic E-state index is -0.730. The molecule has 2 aromatic rings. The zero-order valence-electron chi connectivity index (χ0n) is 14.0. The number of amides is 2. The van der Waals surface area contributed by atoms with Crippen molar-refractivity contribution in [1.82, 2.24) is 10.2 Å². The molecule has 5 nitrogen and oxygen atoms in total. The summed E-state index contributed by atoms with van der Waals surface area (Å²) in [5.74, 6) is -0.294. The quantitative estimate of drug-likeness (QED) is 0.876. The van der Waals surface area contributed by atoms with Crippen LogP contribution in [0, 0.1) is 5.92 Å². The lowest BCUT2D eigenvalue weighted by Gasteiger charge is -2.25. The lowest BCUT2D eigenvalue weighted by molar-refractivity contribution is -0.132. The molecule has 0 saturated carbocycles. The van der Waals surface area contributed by atoms with Gasteiger partial charge in [-0.3, -0.25) is 9.59 Å². The topological polar surface area (TPSA) is 69.6 Å². The Kier molecular flexibility index (Phi) is 5.46. The molecular weight excluding hydrogens is 316 g/mol. The summed E-state index contributed by atoms with van der Waals surface area (Å²) in [5, 5.41) is 12.2. The highest BCUT2D eigenvalue weighted by molar-refractivity contribution is 5.97. The largest absolute Gasteiger partial charge is 0.396 e. The number of hydrogen-bond acceptors (Lipinski definition) is 3. The summed E-state index contributed by atoms with van der Waals surface area (Å²) in [6, 6.07) is 17.4. The number of aliphatic hydroxyl groups is 1. The van der Waals surface area contributed by atoms with Gasteiger partial charge in [0.05, 0.1) is 0 Å². The molecule has 2 unspecified atom stereocenters. The van der Waals surface area contributed by atoms with Crippen LogP contribution >= 0.6 is 0 Å². The maximum absolute atomic E-state index is 13.0. The van der Waals surface area contributed by atoms with E-state index in [4.69, 9.17) is 0 Å². The molecule has 2 aromatic carbocycles. The smallest absolute Gasteiger partial charge is 0.252 e. The van der Waals surface area contributed by atoms with E-state index in [-0.39, 0.29) is 24.3 Å². The van der Waals surface area contributed by atoms with Gasteiger partial charge in [0.15, 0.2) is 0 Å². The fourth-order valence-corrected chi connectivity index (χ4v) is 3.10. The third-order valence-corrected chi connectivity index (χ3v) is 4.55. The van der Waals surface area contributed by atoms with Gasteiger partial charge >= 0.3 is 0 Å². The molecule has 5 heteroatoms. The van der Waals surface area contributed by atoms with Crippen molar-refractivity contribution in [2.24, 2.45) is 5.92 Å². The Hall–Kier alpha value is -2.66. The predicted molar refractivity (Wildman–Crippen MR) is 94.9 cm³/mol. The molecule has 1 heterocycles. The molecule has 3 rings (SSSR count). The zero-order chi connectivity index (χ0) is 17.6. The second-order valence-electron chi connectivity index (χ2n) is 6.30. The van der Waals surface area contributed by atoms with Crippen LogP contribution in [0.2, 0.25) is 0 Å². The summed E-state index contributed by atoms with van der Waals surface area (Å²) >= 11 is 0. The average molecular weight is 338 g/mol. The van der Waals surface area contributed by atoms with Crippen molar-refractivity contribution >= 4 is 11.8 Å². The van der Waals surface area contributed by atoms with E-state index in [0.29, 0.717) is 18.7 Å². The highest BCUT2D eigenvalue weighted by atomic mass is 16.3. The van der Waals surface area contributed by atoms with Gasteiger partial charge in [-0.2, -0.15) is 0 Å². The standard InChI is InChI=1S/C20H22N2O3/c23-14-15-11-12-22(13-15)20(25)18(16-7-3-1-4-8-16)21-19(24)17-9-5-2-6-10-17/h1-10,15,18,23H,11-14H2,(H,21,24). The van der Waals surface area contributed by atoms with E-state index in [9.17, 15) is 14.7 Å². The normalized spacial score (nSPS) is 18.0. The Labute approximate surface area is 147 Å². The number of nitrogens with zero attached hydrogens (tertiary/aromatic N) is 1. The van der Waals surface area contributed by atoms with Crippen LogP contribution in [0.4, 0.5) is 0 Å². The molecule has 2 atom stereocenters. The summed E-state index contributed by atoms with van der Waals surface area (Å²) in [7, 11) is 0. The van der Waals surface area contributed by atoms with E-state index in [1.807, 2.05) is 36.4 Å². The SMILES string of the molecule is O=C(NC(C(=O)N1CCC(CO)C1)c1ccccc1)c1ccccc1. The minimum absolute atomic E-state index is 0.0795. The highest BCUT2D eigenvalue weighted by Crippen LogP contribution is 2.22. The van der Waals surface area contributed by atoms with Gasteiger partial charge in [-0.15, -0.1) is 0 Å². The molecule has 130 valence electrons. The van der Waals surface area contributed by atoms with Gasteiger partial charge in [0.2, 0.25) is 5.91 Å². The van der Waals surface area contributed by atoms with E-state index in [0.717, 1.165) is 12.0 Å². The molecule has 0 aliphatic carbocycles. The van der Waals surface area contributed by atoms with Gasteiger partial charge in [-0.1, -0.05) is 48.5 Å². The first-order valence-electron chi connectivity index (χ1n) is 8.49. The first kappa shape index (κ1) is 17.2. The third-order valence-electron chi connectivity index (χ3n) is 4.55. The Morgan fingerprint density at radius 2 is 1.72 bits per heavy atom. The molecular formula is C20H22N2O3. The van der Waals surface area contributed by atoms with Crippen LogP contribution in [0.25, 0.3) is 0 Å². The Morgan fingerprint density at radius 1 is 1.08 bits per heavy atom. The van der Waals surface area contributed by atoms with Crippen LogP contribution in [-0.2, 0) is 4.79 Å². The van der Waals surface area contributed by atoms with Gasteiger partial charge in [-0.05, 0) is 24.1 Å². The summed E-state index contributed by atoms with van der Waals surface area (Å²) in [6.07, 6.45) is 0.788. The van der Waals surface area contributed by atoms with Gasteiger partial charge in [0.1, 0.15) is 6.04 Å². The van der Waals surface area contributed by atoms with Crippen molar-refractivity contribution in [2.75, 3.05) is 19.7 Å². The maximum atomic E-state index is 13.0. The molecule has 2 amide bonds. The Morgan fingerprint density at radius 3 is 2.32 bits per heavy atom. The first-order valence-corrected chi connectivity index (χ1v) is 8.49. The van der Waals surface area contributed by atoms with Gasteiger partial charge in [0.25, 0.3) is 5.91 Å². The first-order chi connectivity index (χ1) is 12.2. The predicted octanol–water partition coefficient (Wildman–Crippen LogP) is 2.00. The number of nitrogens with one attached hydrogen (secondary N) is 1. The van der Waals surface area contributed by atoms with Gasteiger partial charge in [-0.25, -0.2) is 0 Å². The molecule has 0 spiro atoms. The van der Waals surface area contributed by atoms with Crippen LogP contribution in [0.1, 0.15) is 28.4 Å². The number of hydrogen-bond donors (Lipinski definition) is 2. The highest BCUT2D eigenvalue weighted by Gasteiger charge is 2.32. The molecule has 1 aliphatic heterocycles. The lowest BCUT2D eigenvalue weighted by atomic mass is 10.0. The summed E-state index contributed by atoms with van der Waals surface area (Å²) in [4.78, 5) is 27.3. The monoisotopic (exact) mass is 338 g/mol. The summed E-state index contributed by atoms with van der Waals surface area (Å²) in [5.41, 5.74) is 1.27. The van der Waals surface area contributed by atoms with Crippen LogP contribution < -0.4 is 5.32 Å². The van der Waals surface area contributed by atoms with E-state index in [1.54, 1.807) is 29.2 Å². The second kappa shape index (κ2) is 7.94. The number of benzene rings is 2. The minimum Gasteiger partial charge on any atom is -0.396 e. The van der Waals surface area contributed by atoms with Crippen molar-refractivity contribution in [3.05, 3.63) is 71.8 Å².